The molecule has 324 valence electrons. The van der Waals surface area contributed by atoms with Gasteiger partial charge in [0.05, 0.1) is 34.3 Å². The summed E-state index contributed by atoms with van der Waals surface area (Å²) in [7, 11) is 0. The summed E-state index contributed by atoms with van der Waals surface area (Å²) in [5, 5.41) is 12.5. The van der Waals surface area contributed by atoms with Crippen LogP contribution in [0.25, 0.3) is 38.8 Å². The maximum Gasteiger partial charge on any atom is 0.503 e. The monoisotopic (exact) mass is 853 g/mol. The quantitative estimate of drug-likeness (QED) is 0.157. The van der Waals surface area contributed by atoms with E-state index < -0.39 is 0 Å². The molecule has 8 aromatic rings. The third-order valence-electron chi connectivity index (χ3n) is 12.6. The third-order valence-corrected chi connectivity index (χ3v) is 12.6. The molecular formula is C59H59N5O+2. The highest BCUT2D eigenvalue weighted by molar-refractivity contribution is 6.12. The summed E-state index contributed by atoms with van der Waals surface area (Å²) in [4.78, 5) is 4.86. The molecular weight excluding hydrogens is 795 g/mol. The minimum Gasteiger partial charge on any atom is -0.457 e. The van der Waals surface area contributed by atoms with Gasteiger partial charge in [-0.2, -0.15) is 5.26 Å². The first-order valence-electron chi connectivity index (χ1n) is 22.7. The fraction of sp³-hybridized carbons (Fsp3) is 0.271. The van der Waals surface area contributed by atoms with E-state index in [0.717, 1.165) is 61.5 Å². The van der Waals surface area contributed by atoms with E-state index in [1.165, 1.54) is 22.3 Å². The van der Waals surface area contributed by atoms with Crippen molar-refractivity contribution in [2.75, 3.05) is 0 Å². The first kappa shape index (κ1) is 43.2. The van der Waals surface area contributed by atoms with Crippen LogP contribution >= 0.6 is 0 Å². The van der Waals surface area contributed by atoms with Crippen molar-refractivity contribution in [3.63, 3.8) is 0 Å². The van der Waals surface area contributed by atoms with Crippen LogP contribution in [0.5, 0.6) is 11.5 Å². The van der Waals surface area contributed by atoms with Crippen molar-refractivity contribution in [3.8, 4) is 34.5 Å². The molecule has 0 amide bonds. The number of aromatic nitrogens is 2. The van der Waals surface area contributed by atoms with Gasteiger partial charge in [-0.25, -0.2) is 4.98 Å². The Balaban J connectivity index is 1.21. The summed E-state index contributed by atoms with van der Waals surface area (Å²) < 4.78 is 13.3. The number of pyridine rings is 1. The number of ether oxygens (including phenoxy) is 1. The van der Waals surface area contributed by atoms with Crippen LogP contribution in [0.1, 0.15) is 111 Å². The largest absolute Gasteiger partial charge is 0.503 e. The van der Waals surface area contributed by atoms with Gasteiger partial charge in [-0.1, -0.05) is 144 Å². The molecule has 1 aliphatic heterocycles. The number of nitrogens with zero attached hydrogens (tertiary/aromatic N) is 5. The van der Waals surface area contributed by atoms with E-state index in [9.17, 15) is 5.26 Å². The van der Waals surface area contributed by atoms with Crippen LogP contribution in [0.2, 0.25) is 0 Å². The predicted molar refractivity (Wildman–Crippen MR) is 271 cm³/mol. The maximum atomic E-state index is 10.6. The second-order valence-electron chi connectivity index (χ2n) is 21.6. The van der Waals surface area contributed by atoms with Gasteiger partial charge in [0.2, 0.25) is 11.4 Å². The van der Waals surface area contributed by atoms with Crippen LogP contribution in [0.15, 0.2) is 140 Å². The highest BCUT2D eigenvalue weighted by Gasteiger charge is 2.40. The number of fused-ring (bicyclic) bond motifs is 4. The second kappa shape index (κ2) is 15.6. The molecule has 2 aromatic heterocycles. The zero-order valence-corrected chi connectivity index (χ0v) is 39.9. The first-order chi connectivity index (χ1) is 30.7. The number of hydrogen-bond donors (Lipinski definition) is 0. The van der Waals surface area contributed by atoms with Crippen LogP contribution in [0, 0.1) is 11.3 Å². The van der Waals surface area contributed by atoms with Gasteiger partial charge in [0, 0.05) is 47.3 Å². The van der Waals surface area contributed by atoms with Crippen LogP contribution in [-0.4, -0.2) is 15.6 Å². The Bertz CT molecular complexity index is 3290. The average Bonchev–Trinajstić information content (AvgIpc) is 3.82. The van der Waals surface area contributed by atoms with E-state index in [1.807, 2.05) is 42.6 Å². The number of nitriles is 1. The summed E-state index contributed by atoms with van der Waals surface area (Å²) in [6.45, 7) is 27.1. The molecule has 3 heterocycles. The van der Waals surface area contributed by atoms with Gasteiger partial charge in [-0.05, 0) is 95.0 Å². The number of para-hydroxylation sites is 2. The Morgan fingerprint density at radius 2 is 1.22 bits per heavy atom. The number of benzene rings is 6. The molecule has 0 aliphatic carbocycles. The number of hydrogen-bond acceptors (Lipinski definition) is 3. The van der Waals surface area contributed by atoms with Crippen LogP contribution in [-0.2, 0) is 21.7 Å². The summed E-state index contributed by atoms with van der Waals surface area (Å²) in [6.07, 6.45) is 1.87. The summed E-state index contributed by atoms with van der Waals surface area (Å²) >= 11 is 0. The number of rotatable bonds is 6. The Hall–Kier alpha value is -7.06. The lowest BCUT2D eigenvalue weighted by atomic mass is 9.80. The smallest absolute Gasteiger partial charge is 0.457 e. The van der Waals surface area contributed by atoms with E-state index in [2.05, 4.69) is 206 Å². The molecule has 0 N–H and O–H groups in total. The van der Waals surface area contributed by atoms with Crippen molar-refractivity contribution in [1.29, 1.82) is 5.26 Å². The lowest BCUT2D eigenvalue weighted by Crippen LogP contribution is -2.17. The zero-order valence-electron chi connectivity index (χ0n) is 39.9. The van der Waals surface area contributed by atoms with E-state index in [-0.39, 0.29) is 21.7 Å². The standard InChI is InChI=1S/C59H59N5O/c1-56(2,3)40-19-15-18-38(28-40)48-23-17-25-51-55(48)63(45-31-42(58(7,8)9)30-43(32-45)59(10,11)12)37-62(51)44-20-16-21-46(34-44)65-47-29-39(36-60)54-49-22-13-14-24-50(49)64(52(54)35-47)53-33-41(26-27-61-53)57(4,5)6/h13-35H,1-12H3/q+2. The molecule has 9 rings (SSSR count). The van der Waals surface area contributed by atoms with Gasteiger partial charge in [-0.15, -0.1) is 0 Å². The topological polar surface area (TPSA) is 56.9 Å². The molecule has 0 radical (unpaired) electrons. The second-order valence-corrected chi connectivity index (χ2v) is 21.6. The minimum atomic E-state index is -0.0694. The van der Waals surface area contributed by atoms with E-state index >= 15 is 0 Å². The minimum absolute atomic E-state index is 0.00957. The van der Waals surface area contributed by atoms with Gasteiger partial charge in [0.15, 0.2) is 0 Å². The Kier molecular flexibility index (Phi) is 10.4. The van der Waals surface area contributed by atoms with Crippen LogP contribution < -0.4 is 13.9 Å². The van der Waals surface area contributed by atoms with Crippen molar-refractivity contribution in [3.05, 3.63) is 167 Å². The van der Waals surface area contributed by atoms with Crippen LogP contribution in [0.3, 0.4) is 0 Å². The lowest BCUT2D eigenvalue weighted by molar-refractivity contribution is 0.483. The lowest BCUT2D eigenvalue weighted by Gasteiger charge is -2.24. The van der Waals surface area contributed by atoms with Gasteiger partial charge in [-0.3, -0.25) is 4.57 Å². The maximum absolute atomic E-state index is 10.6. The highest BCUT2D eigenvalue weighted by Crippen LogP contribution is 2.46. The molecule has 0 spiro atoms. The SMILES string of the molecule is CC(C)(C)c1cccc(-c2cccc3c2[N+](c2cc(C(C)(C)C)cc(C(C)(C)C)c2)=C=[N+]3c2cccc(Oc3cc(C#N)c4c5ccccc5n(-c5cc(C(C)(C)C)ccn5)c4c3)c2)c1. The molecule has 0 atom stereocenters. The molecule has 1 aliphatic rings. The summed E-state index contributed by atoms with van der Waals surface area (Å²) in [6, 6.07) is 53.3. The molecule has 6 nitrogen and oxygen atoms in total. The fourth-order valence-electron chi connectivity index (χ4n) is 8.82. The zero-order chi connectivity index (χ0) is 46.2. The molecule has 0 fully saturated rings. The van der Waals surface area contributed by atoms with E-state index in [4.69, 9.17) is 9.72 Å². The van der Waals surface area contributed by atoms with Crippen molar-refractivity contribution in [2.45, 2.75) is 105 Å². The molecule has 0 unspecified atom stereocenters. The summed E-state index contributed by atoms with van der Waals surface area (Å²) in [5.41, 5.74) is 13.5. The molecule has 6 aromatic carbocycles. The highest BCUT2D eigenvalue weighted by atomic mass is 16.5. The van der Waals surface area contributed by atoms with Crippen LogP contribution in [0.4, 0.5) is 22.7 Å². The third kappa shape index (κ3) is 8.07. The van der Waals surface area contributed by atoms with Gasteiger partial charge >= 0.3 is 11.7 Å². The normalized spacial score (nSPS) is 13.2. The van der Waals surface area contributed by atoms with E-state index in [0.29, 0.717) is 17.1 Å². The van der Waals surface area contributed by atoms with Crippen molar-refractivity contribution in [1.82, 2.24) is 18.7 Å². The predicted octanol–water partition coefficient (Wildman–Crippen LogP) is 15.6. The Morgan fingerprint density at radius 1 is 0.554 bits per heavy atom. The van der Waals surface area contributed by atoms with Gasteiger partial charge < -0.3 is 4.74 Å². The van der Waals surface area contributed by atoms with E-state index in [1.54, 1.807) is 0 Å². The Morgan fingerprint density at radius 3 is 1.91 bits per heavy atom. The fourth-order valence-corrected chi connectivity index (χ4v) is 8.82. The molecule has 6 heteroatoms. The summed E-state index contributed by atoms with van der Waals surface area (Å²) in [5.74, 6) is 2.00. The van der Waals surface area contributed by atoms with Gasteiger partial charge in [0.25, 0.3) is 5.69 Å². The average molecular weight is 854 g/mol. The van der Waals surface area contributed by atoms with Crippen molar-refractivity contribution < 1.29 is 4.74 Å². The molecule has 0 bridgehead atoms. The Labute approximate surface area is 384 Å². The van der Waals surface area contributed by atoms with Gasteiger partial charge in [0.1, 0.15) is 17.3 Å². The van der Waals surface area contributed by atoms with Crippen molar-refractivity contribution in [2.24, 2.45) is 0 Å². The molecule has 65 heavy (non-hydrogen) atoms. The first-order valence-corrected chi connectivity index (χ1v) is 22.7. The van der Waals surface area contributed by atoms with Crippen molar-refractivity contribution >= 4 is 50.6 Å². The molecule has 0 saturated carbocycles. The molecule has 0 saturated heterocycles.